The van der Waals surface area contributed by atoms with Gasteiger partial charge in [0.15, 0.2) is 0 Å². The molecular formula is C16H30N2O3. The van der Waals surface area contributed by atoms with Crippen molar-refractivity contribution in [1.82, 2.24) is 10.2 Å². The lowest BCUT2D eigenvalue weighted by molar-refractivity contribution is -0.0681. The van der Waals surface area contributed by atoms with Crippen LogP contribution >= 0.6 is 0 Å². The average Bonchev–Trinajstić information content (AvgIpc) is 2.36. The maximum Gasteiger partial charge on any atom is 0.410 e. The zero-order valence-corrected chi connectivity index (χ0v) is 14.1. The van der Waals surface area contributed by atoms with Gasteiger partial charge in [0, 0.05) is 19.6 Å². The zero-order chi connectivity index (χ0) is 15.7. The summed E-state index contributed by atoms with van der Waals surface area (Å²) in [5, 5.41) is 3.36. The van der Waals surface area contributed by atoms with Crippen LogP contribution in [0.1, 0.15) is 47.5 Å². The summed E-state index contributed by atoms with van der Waals surface area (Å²) in [6.45, 7) is 13.3. The highest BCUT2D eigenvalue weighted by Gasteiger charge is 2.41. The van der Waals surface area contributed by atoms with E-state index in [2.05, 4.69) is 19.2 Å². The molecule has 1 amide bonds. The molecule has 0 saturated carbocycles. The molecule has 122 valence electrons. The maximum atomic E-state index is 12.6. The van der Waals surface area contributed by atoms with E-state index in [-0.39, 0.29) is 23.7 Å². The first kappa shape index (κ1) is 16.6. The maximum absolute atomic E-state index is 12.6. The van der Waals surface area contributed by atoms with Crippen LogP contribution in [0.4, 0.5) is 4.79 Å². The lowest BCUT2D eigenvalue weighted by atomic mass is 9.80. The molecule has 2 heterocycles. The van der Waals surface area contributed by atoms with Crippen LogP contribution in [0.15, 0.2) is 0 Å². The summed E-state index contributed by atoms with van der Waals surface area (Å²) in [5.41, 5.74) is -0.329. The van der Waals surface area contributed by atoms with Crippen LogP contribution in [-0.4, -0.2) is 55.0 Å². The van der Waals surface area contributed by atoms with Gasteiger partial charge < -0.3 is 19.7 Å². The highest BCUT2D eigenvalue weighted by Crippen LogP contribution is 2.34. The minimum absolute atomic E-state index is 0.0716. The van der Waals surface area contributed by atoms with Gasteiger partial charge in [-0.05, 0) is 39.0 Å². The van der Waals surface area contributed by atoms with E-state index in [0.29, 0.717) is 6.61 Å². The number of likely N-dealkylation sites (tertiary alicyclic amines) is 1. The molecule has 2 atom stereocenters. The smallest absolute Gasteiger partial charge is 0.410 e. The Kier molecular flexibility index (Phi) is 4.83. The number of rotatable bonds is 1. The number of piperidine rings is 1. The molecule has 0 bridgehead atoms. The molecular weight excluding hydrogens is 268 g/mol. The van der Waals surface area contributed by atoms with Crippen LogP contribution < -0.4 is 5.32 Å². The highest BCUT2D eigenvalue weighted by atomic mass is 16.6. The third-order valence-corrected chi connectivity index (χ3v) is 4.13. The molecule has 2 fully saturated rings. The van der Waals surface area contributed by atoms with Crippen molar-refractivity contribution in [3.63, 3.8) is 0 Å². The van der Waals surface area contributed by atoms with Gasteiger partial charge in [-0.3, -0.25) is 0 Å². The summed E-state index contributed by atoms with van der Waals surface area (Å²) in [7, 11) is 0. The monoisotopic (exact) mass is 298 g/mol. The Morgan fingerprint density at radius 1 is 1.38 bits per heavy atom. The number of ether oxygens (including phenoxy) is 2. The summed E-state index contributed by atoms with van der Waals surface area (Å²) < 4.78 is 11.5. The van der Waals surface area contributed by atoms with E-state index in [0.717, 1.165) is 32.5 Å². The van der Waals surface area contributed by atoms with Crippen molar-refractivity contribution in [2.45, 2.75) is 65.2 Å². The second kappa shape index (κ2) is 6.13. The number of hydrogen-bond acceptors (Lipinski definition) is 4. The normalized spacial score (nSPS) is 30.0. The van der Waals surface area contributed by atoms with Crippen LogP contribution in [-0.2, 0) is 9.47 Å². The van der Waals surface area contributed by atoms with Crippen molar-refractivity contribution in [3.05, 3.63) is 0 Å². The van der Waals surface area contributed by atoms with Gasteiger partial charge in [-0.15, -0.1) is 0 Å². The summed E-state index contributed by atoms with van der Waals surface area (Å²) in [4.78, 5) is 14.5. The summed E-state index contributed by atoms with van der Waals surface area (Å²) >= 11 is 0. The molecule has 0 aromatic rings. The Balaban J connectivity index is 2.11. The first-order valence-electron chi connectivity index (χ1n) is 8.00. The van der Waals surface area contributed by atoms with Crippen molar-refractivity contribution >= 4 is 6.09 Å². The summed E-state index contributed by atoms with van der Waals surface area (Å²) in [5.74, 6) is 0. The standard InChI is InChI=1S/C16H30N2O3/c1-15(2,3)21-14(19)18-11-16(4,5)7-6-12(18)13-10-17-8-9-20-13/h12-13,17H,6-11H2,1-5H3. The van der Waals surface area contributed by atoms with Crippen molar-refractivity contribution in [1.29, 1.82) is 0 Å². The topological polar surface area (TPSA) is 50.8 Å². The van der Waals surface area contributed by atoms with Gasteiger partial charge in [-0.25, -0.2) is 4.79 Å². The van der Waals surface area contributed by atoms with Gasteiger partial charge in [0.2, 0.25) is 0 Å². The first-order valence-corrected chi connectivity index (χ1v) is 8.00. The van der Waals surface area contributed by atoms with Crippen molar-refractivity contribution < 1.29 is 14.3 Å². The van der Waals surface area contributed by atoms with Gasteiger partial charge in [0.1, 0.15) is 5.60 Å². The molecule has 2 rings (SSSR count). The zero-order valence-electron chi connectivity index (χ0n) is 14.1. The van der Waals surface area contributed by atoms with E-state index in [9.17, 15) is 4.79 Å². The molecule has 1 N–H and O–H groups in total. The van der Waals surface area contributed by atoms with Crippen molar-refractivity contribution in [2.24, 2.45) is 5.41 Å². The molecule has 0 spiro atoms. The molecule has 0 aromatic carbocycles. The molecule has 5 nitrogen and oxygen atoms in total. The van der Waals surface area contributed by atoms with Crippen LogP contribution in [0.5, 0.6) is 0 Å². The van der Waals surface area contributed by atoms with E-state index < -0.39 is 5.60 Å². The molecule has 0 radical (unpaired) electrons. The fourth-order valence-electron chi connectivity index (χ4n) is 3.09. The van der Waals surface area contributed by atoms with Crippen LogP contribution in [0, 0.1) is 5.41 Å². The molecule has 2 saturated heterocycles. The predicted octanol–water partition coefficient (Wildman–Crippen LogP) is 2.40. The Bertz CT molecular complexity index is 370. The lowest BCUT2D eigenvalue weighted by Crippen LogP contribution is -2.59. The van der Waals surface area contributed by atoms with Gasteiger partial charge in [0.05, 0.1) is 18.8 Å². The summed E-state index contributed by atoms with van der Waals surface area (Å²) in [6, 6.07) is 0.112. The number of morpholine rings is 1. The number of hydrogen-bond donors (Lipinski definition) is 1. The number of carbonyl (C=O) groups excluding carboxylic acids is 1. The van der Waals surface area contributed by atoms with Gasteiger partial charge >= 0.3 is 6.09 Å². The third-order valence-electron chi connectivity index (χ3n) is 4.13. The molecule has 2 unspecified atom stereocenters. The fraction of sp³-hybridized carbons (Fsp3) is 0.938. The van der Waals surface area contributed by atoms with E-state index in [1.54, 1.807) is 0 Å². The number of nitrogens with one attached hydrogen (secondary N) is 1. The highest BCUT2D eigenvalue weighted by molar-refractivity contribution is 5.69. The second-order valence-corrected chi connectivity index (χ2v) is 7.99. The van der Waals surface area contributed by atoms with Crippen LogP contribution in [0.3, 0.4) is 0 Å². The number of nitrogens with zero attached hydrogens (tertiary/aromatic N) is 1. The SMILES string of the molecule is CC1(C)CCC(C2CNCCO2)N(C(=O)OC(C)(C)C)C1. The van der Waals surface area contributed by atoms with Crippen molar-refractivity contribution in [2.75, 3.05) is 26.2 Å². The molecule has 0 aliphatic carbocycles. The van der Waals surface area contributed by atoms with Gasteiger partial charge in [-0.1, -0.05) is 13.8 Å². The van der Waals surface area contributed by atoms with Crippen molar-refractivity contribution in [3.8, 4) is 0 Å². The van der Waals surface area contributed by atoms with Gasteiger partial charge in [-0.2, -0.15) is 0 Å². The van der Waals surface area contributed by atoms with E-state index >= 15 is 0 Å². The van der Waals surface area contributed by atoms with E-state index in [1.165, 1.54) is 0 Å². The molecule has 0 aromatic heterocycles. The van der Waals surface area contributed by atoms with Crippen LogP contribution in [0.2, 0.25) is 0 Å². The average molecular weight is 298 g/mol. The van der Waals surface area contributed by atoms with E-state index in [1.807, 2.05) is 25.7 Å². The fourth-order valence-corrected chi connectivity index (χ4v) is 3.09. The van der Waals surface area contributed by atoms with Crippen LogP contribution in [0.25, 0.3) is 0 Å². The Hall–Kier alpha value is -0.810. The molecule has 5 heteroatoms. The largest absolute Gasteiger partial charge is 0.444 e. The van der Waals surface area contributed by atoms with Gasteiger partial charge in [0.25, 0.3) is 0 Å². The Labute approximate surface area is 128 Å². The Morgan fingerprint density at radius 2 is 2.10 bits per heavy atom. The molecule has 2 aliphatic rings. The minimum Gasteiger partial charge on any atom is -0.444 e. The first-order chi connectivity index (χ1) is 9.68. The number of carbonyl (C=O) groups is 1. The lowest BCUT2D eigenvalue weighted by Gasteiger charge is -2.47. The third kappa shape index (κ3) is 4.58. The quantitative estimate of drug-likeness (QED) is 0.807. The Morgan fingerprint density at radius 3 is 2.67 bits per heavy atom. The number of amides is 1. The molecule has 2 aliphatic heterocycles. The van der Waals surface area contributed by atoms with E-state index in [4.69, 9.17) is 9.47 Å². The second-order valence-electron chi connectivity index (χ2n) is 7.99. The predicted molar refractivity (Wildman–Crippen MR) is 82.4 cm³/mol. The minimum atomic E-state index is -0.463. The summed E-state index contributed by atoms with van der Waals surface area (Å²) in [6.07, 6.45) is 1.94. The molecule has 21 heavy (non-hydrogen) atoms.